The molecular formula is C15H15ClN2O2S. The molecule has 1 N–H and O–H groups in total. The average molecular weight is 323 g/mol. The minimum absolute atomic E-state index is 0.177. The van der Waals surface area contributed by atoms with Gasteiger partial charge in [0.05, 0.1) is 10.6 Å². The molecule has 2 rings (SSSR count). The lowest BCUT2D eigenvalue weighted by Crippen LogP contribution is -2.19. The van der Waals surface area contributed by atoms with Crippen molar-refractivity contribution in [2.24, 2.45) is 5.10 Å². The molecule has 0 aliphatic carbocycles. The van der Waals surface area contributed by atoms with Crippen LogP contribution in [-0.2, 0) is 10.0 Å². The maximum atomic E-state index is 12.1. The minimum atomic E-state index is -3.66. The SMILES string of the molecule is C/C(=N\NS(=O)(=O)c1ccc(C)cc1)c1cccc(Cl)c1. The average Bonchev–Trinajstić information content (AvgIpc) is 2.45. The Balaban J connectivity index is 2.21. The van der Waals surface area contributed by atoms with E-state index in [1.807, 2.05) is 13.0 Å². The van der Waals surface area contributed by atoms with E-state index in [1.54, 1.807) is 49.4 Å². The Hall–Kier alpha value is -1.85. The number of nitrogens with zero attached hydrogens (tertiary/aromatic N) is 1. The predicted molar refractivity (Wildman–Crippen MR) is 85.2 cm³/mol. The van der Waals surface area contributed by atoms with E-state index in [0.29, 0.717) is 10.7 Å². The summed E-state index contributed by atoms with van der Waals surface area (Å²) in [5.74, 6) is 0. The Morgan fingerprint density at radius 2 is 1.81 bits per heavy atom. The molecule has 21 heavy (non-hydrogen) atoms. The molecule has 4 nitrogen and oxygen atoms in total. The summed E-state index contributed by atoms with van der Waals surface area (Å²) in [6.45, 7) is 3.61. The number of hydrazone groups is 1. The normalized spacial score (nSPS) is 12.2. The summed E-state index contributed by atoms with van der Waals surface area (Å²) >= 11 is 5.90. The first kappa shape index (κ1) is 15.5. The van der Waals surface area contributed by atoms with E-state index in [9.17, 15) is 8.42 Å². The Morgan fingerprint density at radius 1 is 1.14 bits per heavy atom. The first-order valence-electron chi connectivity index (χ1n) is 6.27. The van der Waals surface area contributed by atoms with Gasteiger partial charge in [-0.25, -0.2) is 0 Å². The number of rotatable bonds is 4. The van der Waals surface area contributed by atoms with Crippen molar-refractivity contribution >= 4 is 27.3 Å². The van der Waals surface area contributed by atoms with Crippen LogP contribution in [0.1, 0.15) is 18.1 Å². The van der Waals surface area contributed by atoms with E-state index >= 15 is 0 Å². The second kappa shape index (κ2) is 6.28. The fourth-order valence-corrected chi connectivity index (χ4v) is 2.72. The van der Waals surface area contributed by atoms with Crippen molar-refractivity contribution in [3.8, 4) is 0 Å². The zero-order chi connectivity index (χ0) is 15.5. The molecule has 2 aromatic rings. The quantitative estimate of drug-likeness (QED) is 0.693. The van der Waals surface area contributed by atoms with Crippen molar-refractivity contribution < 1.29 is 8.42 Å². The van der Waals surface area contributed by atoms with Crippen molar-refractivity contribution in [2.45, 2.75) is 18.7 Å². The molecule has 0 saturated carbocycles. The summed E-state index contributed by atoms with van der Waals surface area (Å²) in [6, 6.07) is 13.6. The van der Waals surface area contributed by atoms with Crippen molar-refractivity contribution in [3.63, 3.8) is 0 Å². The number of nitrogens with one attached hydrogen (secondary N) is 1. The second-order valence-corrected chi connectivity index (χ2v) is 6.71. The monoisotopic (exact) mass is 322 g/mol. The third kappa shape index (κ3) is 4.06. The smallest absolute Gasteiger partial charge is 0.200 e. The van der Waals surface area contributed by atoms with Crippen LogP contribution in [0, 0.1) is 6.92 Å². The molecule has 6 heteroatoms. The summed E-state index contributed by atoms with van der Waals surface area (Å²) in [5, 5.41) is 4.50. The number of sulfonamides is 1. The van der Waals surface area contributed by atoms with Gasteiger partial charge in [0.15, 0.2) is 0 Å². The number of hydrogen-bond acceptors (Lipinski definition) is 3. The van der Waals surface area contributed by atoms with E-state index in [4.69, 9.17) is 11.6 Å². The largest absolute Gasteiger partial charge is 0.276 e. The Labute approximate surface area is 129 Å². The van der Waals surface area contributed by atoms with Crippen molar-refractivity contribution in [1.29, 1.82) is 0 Å². The van der Waals surface area contributed by atoms with Gasteiger partial charge in [0.2, 0.25) is 0 Å². The second-order valence-electron chi connectivity index (χ2n) is 4.62. The highest BCUT2D eigenvalue weighted by atomic mass is 35.5. The van der Waals surface area contributed by atoms with Gasteiger partial charge in [-0.2, -0.15) is 18.4 Å². The maximum Gasteiger partial charge on any atom is 0.276 e. The molecule has 0 fully saturated rings. The molecule has 2 aromatic carbocycles. The Bertz CT molecular complexity index is 769. The van der Waals surface area contributed by atoms with Gasteiger partial charge in [0.25, 0.3) is 10.0 Å². The third-order valence-electron chi connectivity index (χ3n) is 2.91. The van der Waals surface area contributed by atoms with E-state index in [0.717, 1.165) is 11.1 Å². The highest BCUT2D eigenvalue weighted by Crippen LogP contribution is 2.12. The number of benzene rings is 2. The number of halogens is 1. The summed E-state index contributed by atoms with van der Waals surface area (Å²) < 4.78 is 24.2. The lowest BCUT2D eigenvalue weighted by Gasteiger charge is -2.06. The van der Waals surface area contributed by atoms with Crippen LogP contribution in [0.25, 0.3) is 0 Å². The van der Waals surface area contributed by atoms with Crippen LogP contribution in [0.2, 0.25) is 5.02 Å². The molecule has 0 atom stereocenters. The molecule has 0 saturated heterocycles. The van der Waals surface area contributed by atoms with Gasteiger partial charge in [0, 0.05) is 5.02 Å². The molecule has 110 valence electrons. The van der Waals surface area contributed by atoms with Crippen LogP contribution in [0.3, 0.4) is 0 Å². The summed E-state index contributed by atoms with van der Waals surface area (Å²) in [4.78, 5) is 2.41. The molecule has 0 aliphatic heterocycles. The standard InChI is InChI=1S/C15H15ClN2O2S/c1-11-6-8-15(9-7-11)21(19,20)18-17-12(2)13-4-3-5-14(16)10-13/h3-10,18H,1-2H3/b17-12+. The van der Waals surface area contributed by atoms with E-state index in [2.05, 4.69) is 9.93 Å². The zero-order valence-electron chi connectivity index (χ0n) is 11.7. The van der Waals surface area contributed by atoms with E-state index in [1.165, 1.54) is 0 Å². The van der Waals surface area contributed by atoms with Gasteiger partial charge in [0.1, 0.15) is 0 Å². The van der Waals surface area contributed by atoms with Crippen LogP contribution in [0.5, 0.6) is 0 Å². The fourth-order valence-electron chi connectivity index (χ4n) is 1.68. The van der Waals surface area contributed by atoms with Crippen molar-refractivity contribution in [2.75, 3.05) is 0 Å². The Kier molecular flexibility index (Phi) is 4.65. The molecular weight excluding hydrogens is 308 g/mol. The van der Waals surface area contributed by atoms with E-state index < -0.39 is 10.0 Å². The third-order valence-corrected chi connectivity index (χ3v) is 4.37. The molecule has 0 aromatic heterocycles. The molecule has 0 amide bonds. The van der Waals surface area contributed by atoms with Gasteiger partial charge >= 0.3 is 0 Å². The number of hydrogen-bond donors (Lipinski definition) is 1. The van der Waals surface area contributed by atoms with Gasteiger partial charge < -0.3 is 0 Å². The Morgan fingerprint density at radius 3 is 2.43 bits per heavy atom. The number of aryl methyl sites for hydroxylation is 1. The minimum Gasteiger partial charge on any atom is -0.200 e. The molecule has 0 radical (unpaired) electrons. The fraction of sp³-hybridized carbons (Fsp3) is 0.133. The summed E-state index contributed by atoms with van der Waals surface area (Å²) in [6.07, 6.45) is 0. The van der Waals surface area contributed by atoms with E-state index in [-0.39, 0.29) is 4.90 Å². The first-order chi connectivity index (χ1) is 9.88. The molecule has 0 bridgehead atoms. The van der Waals surface area contributed by atoms with Crippen LogP contribution in [0.4, 0.5) is 0 Å². The van der Waals surface area contributed by atoms with Crippen molar-refractivity contribution in [1.82, 2.24) is 4.83 Å². The van der Waals surface area contributed by atoms with Gasteiger partial charge in [-0.05, 0) is 43.7 Å². The molecule has 0 unspecified atom stereocenters. The first-order valence-corrected chi connectivity index (χ1v) is 8.13. The summed E-state index contributed by atoms with van der Waals surface area (Å²) in [5.41, 5.74) is 2.29. The molecule has 0 spiro atoms. The molecule has 0 heterocycles. The molecule has 0 aliphatic rings. The lowest BCUT2D eigenvalue weighted by molar-refractivity contribution is 0.584. The van der Waals surface area contributed by atoms with Crippen LogP contribution >= 0.6 is 11.6 Å². The van der Waals surface area contributed by atoms with Gasteiger partial charge in [-0.15, -0.1) is 0 Å². The zero-order valence-corrected chi connectivity index (χ0v) is 13.2. The maximum absolute atomic E-state index is 12.1. The predicted octanol–water partition coefficient (Wildman–Crippen LogP) is 3.35. The summed E-state index contributed by atoms with van der Waals surface area (Å²) in [7, 11) is -3.66. The topological polar surface area (TPSA) is 58.5 Å². The van der Waals surface area contributed by atoms with Crippen LogP contribution in [-0.4, -0.2) is 14.1 Å². The highest BCUT2D eigenvalue weighted by Gasteiger charge is 2.12. The van der Waals surface area contributed by atoms with Crippen LogP contribution < -0.4 is 4.83 Å². The van der Waals surface area contributed by atoms with Gasteiger partial charge in [-0.1, -0.05) is 41.4 Å². The van der Waals surface area contributed by atoms with Crippen LogP contribution in [0.15, 0.2) is 58.5 Å². The highest BCUT2D eigenvalue weighted by molar-refractivity contribution is 7.89. The van der Waals surface area contributed by atoms with Crippen molar-refractivity contribution in [3.05, 3.63) is 64.7 Å². The van der Waals surface area contributed by atoms with Gasteiger partial charge in [-0.3, -0.25) is 0 Å². The lowest BCUT2D eigenvalue weighted by atomic mass is 10.1.